The Balaban J connectivity index is 1.47. The Labute approximate surface area is 152 Å². The molecule has 140 valence electrons. The van der Waals surface area contributed by atoms with Crippen LogP contribution < -0.4 is 10.6 Å². The van der Waals surface area contributed by atoms with Gasteiger partial charge < -0.3 is 20.5 Å². The SMILES string of the molecule is O=C(C[C@H]1C=C[C@@H](NC(=O)C2CCC2)[C@H](CO)O1)NCc1ccncc1. The number of rotatable bonds is 7. The molecule has 26 heavy (non-hydrogen) atoms. The molecular weight excluding hydrogens is 334 g/mol. The predicted molar refractivity (Wildman–Crippen MR) is 94.9 cm³/mol. The number of hydrogen-bond donors (Lipinski definition) is 3. The molecule has 3 atom stereocenters. The zero-order chi connectivity index (χ0) is 18.4. The lowest BCUT2D eigenvalue weighted by Crippen LogP contribution is -2.51. The van der Waals surface area contributed by atoms with Gasteiger partial charge in [-0.2, -0.15) is 0 Å². The standard InChI is InChI=1S/C19H25N3O4/c23-12-17-16(22-19(25)14-2-1-3-14)5-4-15(26-17)10-18(24)21-11-13-6-8-20-9-7-13/h4-9,14-17,23H,1-3,10-12H2,(H,21,24)(H,22,25)/t15-,16-,17+/m1/s1. The Bertz CT molecular complexity index is 645. The molecule has 1 aromatic rings. The van der Waals surface area contributed by atoms with Crippen LogP contribution in [0.2, 0.25) is 0 Å². The molecule has 7 heteroatoms. The summed E-state index contributed by atoms with van der Waals surface area (Å²) < 4.78 is 5.78. The summed E-state index contributed by atoms with van der Waals surface area (Å²) in [5, 5.41) is 15.3. The molecule has 1 aliphatic heterocycles. The summed E-state index contributed by atoms with van der Waals surface area (Å²) in [7, 11) is 0. The summed E-state index contributed by atoms with van der Waals surface area (Å²) in [6.07, 6.45) is 9.11. The van der Waals surface area contributed by atoms with Crippen molar-refractivity contribution in [1.82, 2.24) is 15.6 Å². The van der Waals surface area contributed by atoms with Gasteiger partial charge >= 0.3 is 0 Å². The van der Waals surface area contributed by atoms with Crippen molar-refractivity contribution in [3.05, 3.63) is 42.2 Å². The smallest absolute Gasteiger partial charge is 0.223 e. The normalized spacial score (nSPS) is 25.3. The third-order valence-electron chi connectivity index (χ3n) is 4.87. The van der Waals surface area contributed by atoms with Crippen LogP contribution in [0.15, 0.2) is 36.7 Å². The minimum absolute atomic E-state index is 0.0153. The quantitative estimate of drug-likeness (QED) is 0.622. The highest BCUT2D eigenvalue weighted by atomic mass is 16.5. The fourth-order valence-corrected chi connectivity index (χ4v) is 3.04. The maximum atomic E-state index is 12.1. The van der Waals surface area contributed by atoms with Crippen molar-refractivity contribution >= 4 is 11.8 Å². The van der Waals surface area contributed by atoms with Crippen molar-refractivity contribution in [3.8, 4) is 0 Å². The summed E-state index contributed by atoms with van der Waals surface area (Å²) in [5.41, 5.74) is 0.973. The molecule has 1 saturated carbocycles. The van der Waals surface area contributed by atoms with Crippen LogP contribution in [0.25, 0.3) is 0 Å². The molecule has 7 nitrogen and oxygen atoms in total. The van der Waals surface area contributed by atoms with E-state index in [9.17, 15) is 14.7 Å². The highest BCUT2D eigenvalue weighted by Crippen LogP contribution is 2.27. The summed E-state index contributed by atoms with van der Waals surface area (Å²) in [6, 6.07) is 3.33. The Morgan fingerprint density at radius 1 is 1.23 bits per heavy atom. The van der Waals surface area contributed by atoms with Crippen LogP contribution in [-0.2, 0) is 20.9 Å². The Morgan fingerprint density at radius 3 is 2.65 bits per heavy atom. The largest absolute Gasteiger partial charge is 0.394 e. The summed E-state index contributed by atoms with van der Waals surface area (Å²) in [6.45, 7) is 0.219. The van der Waals surface area contributed by atoms with Crippen LogP contribution in [0, 0.1) is 5.92 Å². The van der Waals surface area contributed by atoms with Gasteiger partial charge in [-0.3, -0.25) is 14.6 Å². The number of carbonyl (C=O) groups is 2. The molecule has 0 bridgehead atoms. The maximum Gasteiger partial charge on any atom is 0.223 e. The van der Waals surface area contributed by atoms with Crippen LogP contribution >= 0.6 is 0 Å². The van der Waals surface area contributed by atoms with E-state index < -0.39 is 12.2 Å². The molecule has 2 amide bonds. The van der Waals surface area contributed by atoms with Gasteiger partial charge in [0.25, 0.3) is 0 Å². The average Bonchev–Trinajstić information content (AvgIpc) is 2.60. The van der Waals surface area contributed by atoms with E-state index in [1.807, 2.05) is 18.2 Å². The minimum Gasteiger partial charge on any atom is -0.394 e. The predicted octanol–water partition coefficient (Wildman–Crippen LogP) is 0.689. The molecular formula is C19H25N3O4. The number of nitrogens with zero attached hydrogens (tertiary/aromatic N) is 1. The van der Waals surface area contributed by atoms with Crippen molar-refractivity contribution in [1.29, 1.82) is 0 Å². The number of aliphatic hydroxyl groups excluding tert-OH is 1. The number of aromatic nitrogens is 1. The lowest BCUT2D eigenvalue weighted by Gasteiger charge is -2.33. The van der Waals surface area contributed by atoms with E-state index >= 15 is 0 Å². The monoisotopic (exact) mass is 359 g/mol. The number of aliphatic hydroxyl groups is 1. The van der Waals surface area contributed by atoms with Gasteiger partial charge in [-0.05, 0) is 30.5 Å². The van der Waals surface area contributed by atoms with Gasteiger partial charge in [-0.15, -0.1) is 0 Å². The van der Waals surface area contributed by atoms with E-state index in [4.69, 9.17) is 4.74 Å². The number of hydrogen-bond acceptors (Lipinski definition) is 5. The van der Waals surface area contributed by atoms with Crippen LogP contribution in [0.5, 0.6) is 0 Å². The van der Waals surface area contributed by atoms with Crippen LogP contribution in [0.1, 0.15) is 31.2 Å². The number of carbonyl (C=O) groups excluding carboxylic acids is 2. The van der Waals surface area contributed by atoms with Crippen LogP contribution in [-0.4, -0.2) is 46.8 Å². The van der Waals surface area contributed by atoms with Gasteiger partial charge in [-0.25, -0.2) is 0 Å². The second-order valence-corrected chi connectivity index (χ2v) is 6.78. The molecule has 1 fully saturated rings. The Hall–Kier alpha value is -2.25. The van der Waals surface area contributed by atoms with Crippen molar-refractivity contribution in [2.45, 2.75) is 50.5 Å². The van der Waals surface area contributed by atoms with Crippen molar-refractivity contribution < 1.29 is 19.4 Å². The first-order valence-electron chi connectivity index (χ1n) is 9.06. The van der Waals surface area contributed by atoms with Crippen molar-refractivity contribution in [2.75, 3.05) is 6.61 Å². The van der Waals surface area contributed by atoms with Crippen LogP contribution in [0.3, 0.4) is 0 Å². The van der Waals surface area contributed by atoms with Crippen LogP contribution in [0.4, 0.5) is 0 Å². The fraction of sp³-hybridized carbons (Fsp3) is 0.526. The molecule has 0 spiro atoms. The first kappa shape index (κ1) is 18.5. The van der Waals surface area contributed by atoms with Crippen molar-refractivity contribution in [3.63, 3.8) is 0 Å². The third-order valence-corrected chi connectivity index (χ3v) is 4.87. The minimum atomic E-state index is -0.540. The highest BCUT2D eigenvalue weighted by Gasteiger charge is 2.32. The Morgan fingerprint density at radius 2 is 2.00 bits per heavy atom. The molecule has 1 aliphatic carbocycles. The molecule has 0 unspecified atom stereocenters. The molecule has 2 heterocycles. The van der Waals surface area contributed by atoms with E-state index in [2.05, 4.69) is 15.6 Å². The van der Waals surface area contributed by atoms with Gasteiger partial charge in [0.05, 0.1) is 25.2 Å². The highest BCUT2D eigenvalue weighted by molar-refractivity contribution is 5.80. The molecule has 0 radical (unpaired) electrons. The van der Waals surface area contributed by atoms with E-state index in [1.165, 1.54) is 0 Å². The van der Waals surface area contributed by atoms with Gasteiger partial charge in [0.1, 0.15) is 6.10 Å². The second-order valence-electron chi connectivity index (χ2n) is 6.78. The van der Waals surface area contributed by atoms with E-state index in [-0.39, 0.29) is 36.8 Å². The number of amides is 2. The van der Waals surface area contributed by atoms with Crippen molar-refractivity contribution in [2.24, 2.45) is 5.92 Å². The molecule has 2 aliphatic rings. The number of ether oxygens (including phenoxy) is 1. The molecule has 3 N–H and O–H groups in total. The fourth-order valence-electron chi connectivity index (χ4n) is 3.04. The number of pyridine rings is 1. The summed E-state index contributed by atoms with van der Waals surface area (Å²) in [5.74, 6) is -0.0361. The summed E-state index contributed by atoms with van der Waals surface area (Å²) >= 11 is 0. The lowest BCUT2D eigenvalue weighted by atomic mass is 9.84. The maximum absolute atomic E-state index is 12.1. The second kappa shape index (κ2) is 8.91. The first-order chi connectivity index (χ1) is 12.7. The Kier molecular flexibility index (Phi) is 6.35. The molecule has 1 aromatic heterocycles. The summed E-state index contributed by atoms with van der Waals surface area (Å²) in [4.78, 5) is 28.1. The lowest BCUT2D eigenvalue weighted by molar-refractivity contribution is -0.132. The van der Waals surface area contributed by atoms with Gasteiger partial charge in [0, 0.05) is 24.9 Å². The molecule has 0 saturated heterocycles. The molecule has 3 rings (SSSR count). The zero-order valence-corrected chi connectivity index (χ0v) is 14.6. The zero-order valence-electron chi connectivity index (χ0n) is 14.6. The number of nitrogens with one attached hydrogen (secondary N) is 2. The topological polar surface area (TPSA) is 101 Å². The van der Waals surface area contributed by atoms with E-state index in [1.54, 1.807) is 18.5 Å². The van der Waals surface area contributed by atoms with E-state index in [0.717, 1.165) is 24.8 Å². The van der Waals surface area contributed by atoms with E-state index in [0.29, 0.717) is 6.54 Å². The average molecular weight is 359 g/mol. The van der Waals surface area contributed by atoms with Gasteiger partial charge in [0.2, 0.25) is 11.8 Å². The van der Waals surface area contributed by atoms with Gasteiger partial charge in [0.15, 0.2) is 0 Å². The molecule has 0 aromatic carbocycles. The van der Waals surface area contributed by atoms with Gasteiger partial charge in [-0.1, -0.05) is 18.6 Å². The third kappa shape index (κ3) is 4.89. The first-order valence-corrected chi connectivity index (χ1v) is 9.06.